The van der Waals surface area contributed by atoms with Gasteiger partial charge in [0.2, 0.25) is 0 Å². The largest absolute Gasteiger partial charge is 0.497 e. The minimum Gasteiger partial charge on any atom is -0.497 e. The normalized spacial score (nSPS) is 19.8. The molecule has 146 valence electrons. The Bertz CT molecular complexity index is 893. The molecule has 2 aromatic rings. The summed E-state index contributed by atoms with van der Waals surface area (Å²) in [5.41, 5.74) is 4.21. The van der Waals surface area contributed by atoms with Crippen molar-refractivity contribution in [1.29, 1.82) is 0 Å². The molecule has 2 fully saturated rings. The van der Waals surface area contributed by atoms with Gasteiger partial charge in [-0.15, -0.1) is 0 Å². The first-order valence-corrected chi connectivity index (χ1v) is 9.78. The molecule has 0 amide bonds. The zero-order chi connectivity index (χ0) is 19.1. The van der Waals surface area contributed by atoms with Crippen molar-refractivity contribution in [3.63, 3.8) is 0 Å². The second-order valence-electron chi connectivity index (χ2n) is 8.19. The van der Waals surface area contributed by atoms with Crippen LogP contribution in [0.15, 0.2) is 48.0 Å². The molecular formula is C23H26N2O3. The predicted molar refractivity (Wildman–Crippen MR) is 111 cm³/mol. The van der Waals surface area contributed by atoms with Gasteiger partial charge in [0, 0.05) is 49.4 Å². The van der Waals surface area contributed by atoms with Gasteiger partial charge < -0.3 is 19.1 Å². The highest BCUT2D eigenvalue weighted by Gasteiger charge is 2.51. The summed E-state index contributed by atoms with van der Waals surface area (Å²) in [6.07, 6.45) is 2.26. The first-order chi connectivity index (χ1) is 13.7. The fraction of sp³-hybridized carbons (Fsp3) is 0.391. The summed E-state index contributed by atoms with van der Waals surface area (Å²) in [6, 6.07) is 14.4. The Hall–Kier alpha value is -2.66. The lowest BCUT2D eigenvalue weighted by molar-refractivity contribution is -0.0160. The number of hydrogen-bond donors (Lipinski definition) is 0. The number of methoxy groups -OCH3 is 2. The van der Waals surface area contributed by atoms with Crippen LogP contribution in [0.4, 0.5) is 5.69 Å². The zero-order valence-electron chi connectivity index (χ0n) is 16.5. The molecule has 0 bridgehead atoms. The van der Waals surface area contributed by atoms with E-state index >= 15 is 0 Å². The monoisotopic (exact) mass is 378 g/mol. The predicted octanol–water partition coefficient (Wildman–Crippen LogP) is 3.30. The maximum Gasteiger partial charge on any atom is 0.127 e. The number of fused-ring (bicyclic) bond motifs is 1. The van der Waals surface area contributed by atoms with Gasteiger partial charge in [-0.2, -0.15) is 0 Å². The second kappa shape index (κ2) is 6.74. The van der Waals surface area contributed by atoms with Crippen molar-refractivity contribution in [3.8, 4) is 17.2 Å². The Morgan fingerprint density at radius 1 is 0.929 bits per heavy atom. The lowest BCUT2D eigenvalue weighted by Crippen LogP contribution is -2.72. The number of anilines is 1. The van der Waals surface area contributed by atoms with Crippen LogP contribution in [0.1, 0.15) is 5.56 Å². The van der Waals surface area contributed by atoms with Gasteiger partial charge in [0.25, 0.3) is 0 Å². The van der Waals surface area contributed by atoms with Gasteiger partial charge >= 0.3 is 0 Å². The van der Waals surface area contributed by atoms with Gasteiger partial charge in [-0.1, -0.05) is 0 Å². The van der Waals surface area contributed by atoms with E-state index in [4.69, 9.17) is 14.2 Å². The molecule has 3 heterocycles. The van der Waals surface area contributed by atoms with Crippen molar-refractivity contribution in [3.05, 3.63) is 53.6 Å². The third-order valence-corrected chi connectivity index (χ3v) is 6.02. The summed E-state index contributed by atoms with van der Waals surface area (Å²) in [5, 5.41) is 0. The van der Waals surface area contributed by atoms with E-state index in [1.807, 2.05) is 30.3 Å². The van der Waals surface area contributed by atoms with E-state index < -0.39 is 0 Å². The van der Waals surface area contributed by atoms with Crippen LogP contribution in [-0.4, -0.2) is 58.5 Å². The van der Waals surface area contributed by atoms with E-state index in [-0.39, 0.29) is 0 Å². The molecule has 0 atom stereocenters. The van der Waals surface area contributed by atoms with Gasteiger partial charge in [0.1, 0.15) is 23.9 Å². The maximum atomic E-state index is 5.92. The van der Waals surface area contributed by atoms with Crippen LogP contribution >= 0.6 is 0 Å². The van der Waals surface area contributed by atoms with Crippen LogP contribution < -0.4 is 19.1 Å². The average Bonchev–Trinajstić information content (AvgIpc) is 2.68. The van der Waals surface area contributed by atoms with E-state index in [1.165, 1.54) is 24.4 Å². The number of nitrogens with zero attached hydrogens (tertiary/aromatic N) is 2. The molecular weight excluding hydrogens is 352 g/mol. The molecule has 3 aliphatic heterocycles. The topological polar surface area (TPSA) is 34.2 Å². The van der Waals surface area contributed by atoms with Crippen LogP contribution in [-0.2, 0) is 0 Å². The second-order valence-corrected chi connectivity index (χ2v) is 8.19. The van der Waals surface area contributed by atoms with Gasteiger partial charge in [0.05, 0.1) is 14.2 Å². The number of likely N-dealkylation sites (tertiary alicyclic amines) is 1. The molecule has 3 aliphatic rings. The van der Waals surface area contributed by atoms with Crippen molar-refractivity contribution >= 4 is 11.8 Å². The Labute approximate surface area is 166 Å². The minimum atomic E-state index is 0.469. The summed E-state index contributed by atoms with van der Waals surface area (Å²) in [7, 11) is 3.40. The fourth-order valence-electron chi connectivity index (χ4n) is 4.66. The summed E-state index contributed by atoms with van der Waals surface area (Å²) in [6.45, 7) is 6.29. The summed E-state index contributed by atoms with van der Waals surface area (Å²) >= 11 is 0. The van der Waals surface area contributed by atoms with Crippen LogP contribution in [0.25, 0.3) is 6.08 Å². The molecule has 0 aliphatic carbocycles. The molecule has 0 N–H and O–H groups in total. The smallest absolute Gasteiger partial charge is 0.127 e. The number of benzene rings is 2. The van der Waals surface area contributed by atoms with E-state index in [1.54, 1.807) is 14.2 Å². The molecule has 0 unspecified atom stereocenters. The Morgan fingerprint density at radius 3 is 2.36 bits per heavy atom. The highest BCUT2D eigenvalue weighted by Crippen LogP contribution is 2.42. The standard InChI is InChI=1S/C23H26N2O3/c1-26-20-5-3-19(4-6-20)25-15-23(16-25)13-24(14-23)11-17-9-18-10-21(27-2)7-8-22(18)28-12-17/h3-10H,11-16H2,1-2H3. The molecule has 0 saturated carbocycles. The van der Waals surface area contributed by atoms with E-state index in [0.29, 0.717) is 12.0 Å². The van der Waals surface area contributed by atoms with Gasteiger partial charge in [-0.25, -0.2) is 0 Å². The van der Waals surface area contributed by atoms with Gasteiger partial charge in [-0.05, 0) is 54.1 Å². The van der Waals surface area contributed by atoms with Crippen molar-refractivity contribution in [2.75, 3.05) is 58.5 Å². The number of hydrogen-bond acceptors (Lipinski definition) is 5. The third-order valence-electron chi connectivity index (χ3n) is 6.02. The van der Waals surface area contributed by atoms with Crippen LogP contribution in [0.3, 0.4) is 0 Å². The number of ether oxygens (including phenoxy) is 3. The Kier molecular flexibility index (Phi) is 4.20. The van der Waals surface area contributed by atoms with Crippen molar-refractivity contribution in [2.24, 2.45) is 5.41 Å². The highest BCUT2D eigenvalue weighted by molar-refractivity contribution is 5.64. The molecule has 1 spiro atoms. The quantitative estimate of drug-likeness (QED) is 0.798. The highest BCUT2D eigenvalue weighted by atomic mass is 16.5. The maximum absolute atomic E-state index is 5.92. The van der Waals surface area contributed by atoms with E-state index in [9.17, 15) is 0 Å². The Balaban J connectivity index is 1.15. The van der Waals surface area contributed by atoms with Gasteiger partial charge in [0.15, 0.2) is 0 Å². The summed E-state index contributed by atoms with van der Waals surface area (Å²) in [4.78, 5) is 4.99. The molecule has 0 aromatic heterocycles. The minimum absolute atomic E-state index is 0.469. The number of rotatable bonds is 5. The molecule has 28 heavy (non-hydrogen) atoms. The van der Waals surface area contributed by atoms with E-state index in [2.05, 4.69) is 28.0 Å². The first kappa shape index (κ1) is 17.4. The molecule has 2 aromatic carbocycles. The first-order valence-electron chi connectivity index (χ1n) is 9.78. The molecule has 0 radical (unpaired) electrons. The molecule has 2 saturated heterocycles. The lowest BCUT2D eigenvalue weighted by Gasteiger charge is -2.61. The van der Waals surface area contributed by atoms with Crippen molar-refractivity contribution in [1.82, 2.24) is 4.90 Å². The van der Waals surface area contributed by atoms with Crippen LogP contribution in [0.2, 0.25) is 0 Å². The van der Waals surface area contributed by atoms with Crippen LogP contribution in [0.5, 0.6) is 17.2 Å². The summed E-state index contributed by atoms with van der Waals surface area (Å²) in [5.74, 6) is 2.73. The van der Waals surface area contributed by atoms with Gasteiger partial charge in [-0.3, -0.25) is 4.90 Å². The lowest BCUT2D eigenvalue weighted by atomic mass is 9.72. The Morgan fingerprint density at radius 2 is 1.64 bits per heavy atom. The molecule has 5 nitrogen and oxygen atoms in total. The van der Waals surface area contributed by atoms with E-state index in [0.717, 1.165) is 42.4 Å². The molecule has 5 heteroatoms. The average molecular weight is 378 g/mol. The van der Waals surface area contributed by atoms with Crippen molar-refractivity contribution < 1.29 is 14.2 Å². The SMILES string of the molecule is COc1ccc(N2CC3(CN(CC4=Cc5cc(OC)ccc5OC4)C3)C2)cc1. The zero-order valence-corrected chi connectivity index (χ0v) is 16.5. The van der Waals surface area contributed by atoms with Crippen LogP contribution in [0, 0.1) is 5.41 Å². The third kappa shape index (κ3) is 3.10. The summed E-state index contributed by atoms with van der Waals surface area (Å²) < 4.78 is 16.5. The molecule has 5 rings (SSSR count). The van der Waals surface area contributed by atoms with Crippen molar-refractivity contribution in [2.45, 2.75) is 0 Å². The fourth-order valence-corrected chi connectivity index (χ4v) is 4.66.